The Morgan fingerprint density at radius 2 is 1.87 bits per heavy atom. The quantitative estimate of drug-likeness (QED) is 0.657. The predicted molar refractivity (Wildman–Crippen MR) is 92.5 cm³/mol. The summed E-state index contributed by atoms with van der Waals surface area (Å²) in [5, 5.41) is 0. The van der Waals surface area contributed by atoms with Crippen LogP contribution >= 0.6 is 0 Å². The van der Waals surface area contributed by atoms with Crippen LogP contribution in [0.4, 0.5) is 5.69 Å². The minimum absolute atomic E-state index is 0.0601. The smallest absolute Gasteiger partial charge is 0.244 e. The van der Waals surface area contributed by atoms with Gasteiger partial charge in [-0.3, -0.25) is 4.79 Å². The lowest BCUT2D eigenvalue weighted by atomic mass is 10.2. The van der Waals surface area contributed by atoms with Gasteiger partial charge in [-0.1, -0.05) is 18.2 Å². The maximum Gasteiger partial charge on any atom is 0.244 e. The van der Waals surface area contributed by atoms with Crippen molar-refractivity contribution in [2.45, 2.75) is 18.9 Å². The van der Waals surface area contributed by atoms with E-state index in [-0.39, 0.29) is 12.5 Å². The average molecular weight is 315 g/mol. The van der Waals surface area contributed by atoms with Crippen LogP contribution in [0.25, 0.3) is 0 Å². The Morgan fingerprint density at radius 3 is 2.48 bits per heavy atom. The summed E-state index contributed by atoms with van der Waals surface area (Å²) in [7, 11) is 1.94. The van der Waals surface area contributed by atoms with Crippen LogP contribution in [0.1, 0.15) is 12.8 Å². The number of hydrogen-bond acceptors (Lipinski definition) is 3. The molecule has 1 aromatic rings. The Bertz CT molecular complexity index is 562. The normalized spacial score (nSPS) is 18.9. The Morgan fingerprint density at radius 1 is 1.22 bits per heavy atom. The molecule has 1 amide bonds. The van der Waals surface area contributed by atoms with Crippen LogP contribution in [0, 0.1) is 0 Å². The third-order valence-corrected chi connectivity index (χ3v) is 4.59. The number of carbonyl (C=O) groups excluding carboxylic acids is 1. The highest BCUT2D eigenvalue weighted by Crippen LogP contribution is 2.24. The summed E-state index contributed by atoms with van der Waals surface area (Å²) in [5.41, 5.74) is 7.15. The SMILES string of the molecule is CN(C(N)=NCC(=O)N1CCN(c2ccccc2)CC1)C1CC1. The molecule has 6 heteroatoms. The highest BCUT2D eigenvalue weighted by Gasteiger charge is 2.27. The van der Waals surface area contributed by atoms with Crippen LogP contribution in [0.2, 0.25) is 0 Å². The number of rotatable bonds is 4. The number of para-hydroxylation sites is 1. The van der Waals surface area contributed by atoms with Crippen molar-refractivity contribution < 1.29 is 4.79 Å². The number of carbonyl (C=O) groups is 1. The Hall–Kier alpha value is -2.24. The lowest BCUT2D eigenvalue weighted by Crippen LogP contribution is -2.49. The predicted octanol–water partition coefficient (Wildman–Crippen LogP) is 0.744. The zero-order chi connectivity index (χ0) is 16.2. The van der Waals surface area contributed by atoms with Gasteiger partial charge in [0.25, 0.3) is 0 Å². The lowest BCUT2D eigenvalue weighted by molar-refractivity contribution is -0.129. The molecule has 0 aromatic heterocycles. The highest BCUT2D eigenvalue weighted by molar-refractivity contribution is 5.84. The van der Waals surface area contributed by atoms with E-state index in [0.29, 0.717) is 12.0 Å². The fourth-order valence-electron chi connectivity index (χ4n) is 2.86. The number of guanidine groups is 1. The summed E-state index contributed by atoms with van der Waals surface area (Å²) in [6.07, 6.45) is 2.34. The average Bonchev–Trinajstić information content (AvgIpc) is 3.44. The van der Waals surface area contributed by atoms with Crippen molar-refractivity contribution in [2.24, 2.45) is 10.7 Å². The zero-order valence-corrected chi connectivity index (χ0v) is 13.7. The van der Waals surface area contributed by atoms with Crippen LogP contribution in [0.15, 0.2) is 35.3 Å². The number of aliphatic imine (C=N–C) groups is 1. The standard InChI is InChI=1S/C17H25N5O/c1-20(14-7-8-14)17(18)19-13-16(23)22-11-9-21(10-12-22)15-5-3-2-4-6-15/h2-6,14H,7-13H2,1H3,(H2,18,19). The van der Waals surface area contributed by atoms with Gasteiger partial charge in [-0.25, -0.2) is 4.99 Å². The van der Waals surface area contributed by atoms with Crippen molar-refractivity contribution in [1.82, 2.24) is 9.80 Å². The van der Waals surface area contributed by atoms with Gasteiger partial charge in [0, 0.05) is 45.0 Å². The van der Waals surface area contributed by atoms with Crippen LogP contribution in [0.3, 0.4) is 0 Å². The molecular weight excluding hydrogens is 290 g/mol. The van der Waals surface area contributed by atoms with Crippen LogP contribution in [-0.2, 0) is 4.79 Å². The van der Waals surface area contributed by atoms with Gasteiger partial charge in [0.05, 0.1) is 0 Å². The lowest BCUT2D eigenvalue weighted by Gasteiger charge is -2.36. The number of anilines is 1. The Kier molecular flexibility index (Phi) is 4.69. The molecule has 6 nitrogen and oxygen atoms in total. The number of nitrogens with two attached hydrogens (primary N) is 1. The van der Waals surface area contributed by atoms with E-state index in [1.54, 1.807) is 0 Å². The summed E-state index contributed by atoms with van der Waals surface area (Å²) in [6, 6.07) is 10.8. The molecule has 0 unspecified atom stereocenters. The summed E-state index contributed by atoms with van der Waals surface area (Å²) in [5.74, 6) is 0.536. The van der Waals surface area contributed by atoms with Crippen molar-refractivity contribution in [3.05, 3.63) is 30.3 Å². The second-order valence-electron chi connectivity index (χ2n) is 6.22. The molecule has 1 saturated carbocycles. The first-order chi connectivity index (χ1) is 11.1. The molecule has 0 spiro atoms. The van der Waals surface area contributed by atoms with E-state index >= 15 is 0 Å². The van der Waals surface area contributed by atoms with Crippen molar-refractivity contribution >= 4 is 17.6 Å². The summed E-state index contributed by atoms with van der Waals surface area (Å²) >= 11 is 0. The van der Waals surface area contributed by atoms with E-state index in [9.17, 15) is 4.79 Å². The summed E-state index contributed by atoms with van der Waals surface area (Å²) in [4.78, 5) is 22.7. The van der Waals surface area contributed by atoms with E-state index in [2.05, 4.69) is 22.0 Å². The first kappa shape index (κ1) is 15.6. The molecule has 2 aliphatic rings. The largest absolute Gasteiger partial charge is 0.370 e. The Labute approximate surface area is 137 Å². The molecule has 2 N–H and O–H groups in total. The topological polar surface area (TPSA) is 65.2 Å². The highest BCUT2D eigenvalue weighted by atomic mass is 16.2. The van der Waals surface area contributed by atoms with Gasteiger partial charge in [-0.05, 0) is 25.0 Å². The number of piperazine rings is 1. The van der Waals surface area contributed by atoms with Crippen LogP contribution in [0.5, 0.6) is 0 Å². The molecule has 1 aliphatic heterocycles. The Balaban J connectivity index is 1.47. The molecular formula is C17H25N5O. The van der Waals surface area contributed by atoms with Gasteiger partial charge in [-0.15, -0.1) is 0 Å². The van der Waals surface area contributed by atoms with Gasteiger partial charge in [0.2, 0.25) is 5.91 Å². The first-order valence-corrected chi connectivity index (χ1v) is 8.25. The van der Waals surface area contributed by atoms with Crippen molar-refractivity contribution in [1.29, 1.82) is 0 Å². The van der Waals surface area contributed by atoms with E-state index in [4.69, 9.17) is 5.73 Å². The fraction of sp³-hybridized carbons (Fsp3) is 0.529. The van der Waals surface area contributed by atoms with Gasteiger partial charge in [-0.2, -0.15) is 0 Å². The summed E-state index contributed by atoms with van der Waals surface area (Å²) in [6.45, 7) is 3.34. The monoisotopic (exact) mass is 315 g/mol. The number of nitrogens with zero attached hydrogens (tertiary/aromatic N) is 4. The maximum absolute atomic E-state index is 12.3. The molecule has 124 valence electrons. The van der Waals surface area contributed by atoms with Gasteiger partial charge >= 0.3 is 0 Å². The van der Waals surface area contributed by atoms with Gasteiger partial charge in [0.1, 0.15) is 6.54 Å². The van der Waals surface area contributed by atoms with Crippen molar-refractivity contribution in [3.63, 3.8) is 0 Å². The van der Waals surface area contributed by atoms with Gasteiger partial charge < -0.3 is 20.4 Å². The van der Waals surface area contributed by atoms with E-state index in [0.717, 1.165) is 26.2 Å². The molecule has 1 heterocycles. The fourth-order valence-corrected chi connectivity index (χ4v) is 2.86. The number of benzene rings is 1. The molecule has 23 heavy (non-hydrogen) atoms. The van der Waals surface area contributed by atoms with E-state index in [1.165, 1.54) is 18.5 Å². The van der Waals surface area contributed by atoms with E-state index < -0.39 is 0 Å². The van der Waals surface area contributed by atoms with Crippen molar-refractivity contribution in [3.8, 4) is 0 Å². The summed E-state index contributed by atoms with van der Waals surface area (Å²) < 4.78 is 0. The molecule has 1 aromatic carbocycles. The van der Waals surface area contributed by atoms with E-state index in [1.807, 2.05) is 35.0 Å². The second kappa shape index (κ2) is 6.89. The molecule has 3 rings (SSSR count). The van der Waals surface area contributed by atoms with Crippen LogP contribution in [-0.4, -0.2) is 67.5 Å². The third-order valence-electron chi connectivity index (χ3n) is 4.59. The molecule has 0 bridgehead atoms. The molecule has 2 fully saturated rings. The molecule has 1 saturated heterocycles. The second-order valence-corrected chi connectivity index (χ2v) is 6.22. The maximum atomic E-state index is 12.3. The first-order valence-electron chi connectivity index (χ1n) is 8.25. The minimum atomic E-state index is 0.0601. The molecule has 0 atom stereocenters. The van der Waals surface area contributed by atoms with Crippen LogP contribution < -0.4 is 10.6 Å². The zero-order valence-electron chi connectivity index (χ0n) is 13.7. The van der Waals surface area contributed by atoms with Crippen molar-refractivity contribution in [2.75, 3.05) is 44.7 Å². The molecule has 1 aliphatic carbocycles. The van der Waals surface area contributed by atoms with Gasteiger partial charge in [0.15, 0.2) is 5.96 Å². The molecule has 0 radical (unpaired) electrons. The third kappa shape index (κ3) is 3.94. The number of hydrogen-bond donors (Lipinski definition) is 1. The number of amides is 1. The minimum Gasteiger partial charge on any atom is -0.370 e.